The molecule has 302 valence electrons. The van der Waals surface area contributed by atoms with Crippen LogP contribution in [0.1, 0.15) is 47.4 Å². The fourth-order valence-electron chi connectivity index (χ4n) is 6.31. The van der Waals surface area contributed by atoms with E-state index < -0.39 is 6.09 Å². The third-order valence-electron chi connectivity index (χ3n) is 9.13. The van der Waals surface area contributed by atoms with E-state index in [-0.39, 0.29) is 37.2 Å². The second-order valence-electron chi connectivity index (χ2n) is 13.1. The summed E-state index contributed by atoms with van der Waals surface area (Å²) >= 11 is 0. The number of benzene rings is 4. The Hall–Kier alpha value is -4.93. The van der Waals surface area contributed by atoms with Crippen molar-refractivity contribution in [3.63, 3.8) is 0 Å². The lowest BCUT2D eigenvalue weighted by Crippen LogP contribution is -2.47. The van der Waals surface area contributed by atoms with Crippen LogP contribution in [0.4, 0.5) is 4.79 Å². The number of likely N-dealkylation sites (tertiary alicyclic amines) is 1. The first-order valence-electron chi connectivity index (χ1n) is 18.5. The molecule has 0 radical (unpaired) electrons. The van der Waals surface area contributed by atoms with E-state index in [2.05, 4.69) is 4.84 Å². The van der Waals surface area contributed by atoms with Gasteiger partial charge in [-0.15, -0.1) is 0 Å². The van der Waals surface area contributed by atoms with Crippen molar-refractivity contribution in [2.45, 2.75) is 51.1 Å². The molecule has 0 bridgehead atoms. The number of carbonyl (C=O) groups excluding carboxylic acids is 1. The maximum Gasteiger partial charge on any atom is 0.415 e. The van der Waals surface area contributed by atoms with Crippen LogP contribution in [0.25, 0.3) is 0 Å². The topological polar surface area (TPSA) is 147 Å². The molecule has 2 atom stereocenters. The lowest BCUT2D eigenvalue weighted by molar-refractivity contribution is -0.497. The minimum absolute atomic E-state index is 0.0211. The summed E-state index contributed by atoms with van der Waals surface area (Å²) in [5.74, 6) is 3.16. The molecule has 2 N–H and O–H groups in total. The van der Waals surface area contributed by atoms with E-state index >= 15 is 0 Å². The molecule has 1 heterocycles. The van der Waals surface area contributed by atoms with Crippen LogP contribution in [-0.2, 0) is 38.9 Å². The Labute approximate surface area is 327 Å². The summed E-state index contributed by atoms with van der Waals surface area (Å²) < 4.78 is 46.2. The lowest BCUT2D eigenvalue weighted by Gasteiger charge is -2.38. The Bertz CT molecular complexity index is 1770. The summed E-state index contributed by atoms with van der Waals surface area (Å²) in [6.07, 6.45) is 1.21. The Morgan fingerprint density at radius 2 is 1.48 bits per heavy atom. The molecule has 1 aliphatic rings. The Kier molecular flexibility index (Phi) is 17.0. The Morgan fingerprint density at radius 3 is 2.25 bits per heavy atom. The van der Waals surface area contributed by atoms with Crippen molar-refractivity contribution in [2.24, 2.45) is 0 Å². The second-order valence-corrected chi connectivity index (χ2v) is 13.1. The van der Waals surface area contributed by atoms with Gasteiger partial charge in [-0.05, 0) is 65.6 Å². The fourth-order valence-corrected chi connectivity index (χ4v) is 6.31. The number of ether oxygens (including phenoxy) is 8. The average molecular weight is 777 g/mol. The van der Waals surface area contributed by atoms with E-state index in [9.17, 15) is 4.79 Å². The van der Waals surface area contributed by atoms with Crippen LogP contribution >= 0.6 is 0 Å². The van der Waals surface area contributed by atoms with Gasteiger partial charge in [0.15, 0.2) is 0 Å². The van der Waals surface area contributed by atoms with Crippen molar-refractivity contribution in [3.8, 4) is 28.7 Å². The number of para-hydroxylation sites is 1. The third kappa shape index (κ3) is 13.4. The molecule has 14 heteroatoms. The van der Waals surface area contributed by atoms with Gasteiger partial charge in [-0.25, -0.2) is 9.63 Å². The highest BCUT2D eigenvalue weighted by Crippen LogP contribution is 2.34. The predicted molar refractivity (Wildman–Crippen MR) is 204 cm³/mol. The van der Waals surface area contributed by atoms with Gasteiger partial charge in [0.2, 0.25) is 0 Å². The summed E-state index contributed by atoms with van der Waals surface area (Å²) in [4.78, 5) is 19.8. The van der Waals surface area contributed by atoms with Crippen LogP contribution in [0.2, 0.25) is 0 Å². The number of methoxy groups -OCH3 is 3. The quantitative estimate of drug-likeness (QED) is 0.0614. The summed E-state index contributed by atoms with van der Waals surface area (Å²) in [5, 5.41) is 17.4. The highest BCUT2D eigenvalue weighted by Gasteiger charge is 2.34. The number of amides is 1. The van der Waals surface area contributed by atoms with Gasteiger partial charge in [0.1, 0.15) is 28.7 Å². The van der Waals surface area contributed by atoms with Crippen molar-refractivity contribution in [1.29, 1.82) is 0 Å². The Balaban J connectivity index is 1.21. The van der Waals surface area contributed by atoms with Crippen LogP contribution in [-0.4, -0.2) is 93.7 Å². The van der Waals surface area contributed by atoms with Gasteiger partial charge < -0.3 is 42.8 Å². The first-order valence-corrected chi connectivity index (χ1v) is 18.5. The molecule has 1 amide bonds. The molecular weight excluding hydrogens is 724 g/mol. The zero-order chi connectivity index (χ0) is 39.5. The maximum atomic E-state index is 13.5. The van der Waals surface area contributed by atoms with E-state index in [1.54, 1.807) is 50.5 Å². The summed E-state index contributed by atoms with van der Waals surface area (Å²) in [6, 6.07) is 28.1. The van der Waals surface area contributed by atoms with Gasteiger partial charge in [0.05, 0.1) is 71.9 Å². The zero-order valence-electron chi connectivity index (χ0n) is 32.2. The standard InChI is InChI=1S/C42H52N2O12/c1-48-19-7-21-53-38-25-32(24-37(26-38)49-2)28-54-41-27-43(42(45)56-36-11-6-9-31(23-36)29-55-44(46)47)18-17-39(41)33-13-15-35(16-14-33)52-22-8-20-51-30-34-10-4-5-12-40(34)50-3/h4-6,9-16,23-26,39,41,46-47H,7-8,17-22,27-30H2,1-3H3/t39-,41?/m1/s1. The van der Waals surface area contributed by atoms with Crippen molar-refractivity contribution < 1.29 is 57.9 Å². The molecule has 5 rings (SSSR count). The average Bonchev–Trinajstić information content (AvgIpc) is 3.22. The molecule has 0 aromatic heterocycles. The van der Waals surface area contributed by atoms with Crippen LogP contribution in [0.15, 0.2) is 91.0 Å². The molecule has 0 saturated carbocycles. The number of nitrogens with zero attached hydrogens (tertiary/aromatic N) is 2. The molecule has 1 aliphatic heterocycles. The molecule has 0 spiro atoms. The SMILES string of the molecule is COCCCOc1cc(COC2CN(C(=O)Oc3cccc(CON(O)O)c3)CC[C@@H]2c2ccc(OCCCOCc3ccccc3OC)cc2)cc(OC)c1. The normalized spacial score (nSPS) is 15.4. The van der Waals surface area contributed by atoms with Gasteiger partial charge in [-0.1, -0.05) is 42.5 Å². The molecule has 1 saturated heterocycles. The van der Waals surface area contributed by atoms with Crippen LogP contribution < -0.4 is 23.7 Å². The van der Waals surface area contributed by atoms with Crippen molar-refractivity contribution in [3.05, 3.63) is 113 Å². The van der Waals surface area contributed by atoms with Crippen molar-refractivity contribution in [2.75, 3.05) is 60.8 Å². The van der Waals surface area contributed by atoms with Crippen LogP contribution in [0.3, 0.4) is 0 Å². The minimum Gasteiger partial charge on any atom is -0.497 e. The second kappa shape index (κ2) is 22.6. The van der Waals surface area contributed by atoms with E-state index in [1.807, 2.05) is 66.7 Å². The molecule has 4 aromatic carbocycles. The molecule has 4 aromatic rings. The van der Waals surface area contributed by atoms with Gasteiger partial charge in [0, 0.05) is 50.7 Å². The first kappa shape index (κ1) is 42.2. The van der Waals surface area contributed by atoms with E-state index in [1.165, 1.54) is 0 Å². The van der Waals surface area contributed by atoms with Gasteiger partial charge >= 0.3 is 6.09 Å². The third-order valence-corrected chi connectivity index (χ3v) is 9.13. The smallest absolute Gasteiger partial charge is 0.415 e. The molecule has 14 nitrogen and oxygen atoms in total. The Morgan fingerprint density at radius 1 is 0.732 bits per heavy atom. The molecule has 1 unspecified atom stereocenters. The van der Waals surface area contributed by atoms with Gasteiger partial charge in [-0.3, -0.25) is 10.4 Å². The number of hydrogen-bond acceptors (Lipinski definition) is 13. The number of rotatable bonds is 22. The molecule has 56 heavy (non-hydrogen) atoms. The van der Waals surface area contributed by atoms with Crippen LogP contribution in [0.5, 0.6) is 28.7 Å². The number of piperidine rings is 1. The van der Waals surface area contributed by atoms with Crippen molar-refractivity contribution >= 4 is 6.09 Å². The fraction of sp³-hybridized carbons (Fsp3) is 0.405. The zero-order valence-corrected chi connectivity index (χ0v) is 32.2. The highest BCUT2D eigenvalue weighted by atomic mass is 17.1. The van der Waals surface area contributed by atoms with E-state index in [0.29, 0.717) is 68.8 Å². The predicted octanol–water partition coefficient (Wildman–Crippen LogP) is 7.19. The minimum atomic E-state index is -0.523. The van der Waals surface area contributed by atoms with Gasteiger partial charge in [-0.2, -0.15) is 0 Å². The lowest BCUT2D eigenvalue weighted by atomic mass is 9.87. The molecule has 1 fully saturated rings. The summed E-state index contributed by atoms with van der Waals surface area (Å²) in [7, 11) is 4.92. The van der Waals surface area contributed by atoms with Crippen molar-refractivity contribution in [1.82, 2.24) is 10.3 Å². The summed E-state index contributed by atoms with van der Waals surface area (Å²) in [5.41, 5.74) is 3.51. The molecule has 0 aliphatic carbocycles. The van der Waals surface area contributed by atoms with Crippen LogP contribution in [0, 0.1) is 0 Å². The van der Waals surface area contributed by atoms with E-state index in [0.717, 1.165) is 41.0 Å². The largest absolute Gasteiger partial charge is 0.497 e. The number of hydrogen-bond donors (Lipinski definition) is 2. The monoisotopic (exact) mass is 776 g/mol. The van der Waals surface area contributed by atoms with Gasteiger partial charge in [0.25, 0.3) is 0 Å². The summed E-state index contributed by atoms with van der Waals surface area (Å²) in [6.45, 7) is 3.48. The highest BCUT2D eigenvalue weighted by molar-refractivity contribution is 5.71. The molecular formula is C42H52N2O12. The van der Waals surface area contributed by atoms with E-state index in [4.69, 9.17) is 48.3 Å². The maximum absolute atomic E-state index is 13.5. The number of carbonyl (C=O) groups is 1. The first-order chi connectivity index (χ1) is 27.3.